The van der Waals surface area contributed by atoms with Crippen molar-refractivity contribution in [1.29, 1.82) is 0 Å². The molecule has 0 radical (unpaired) electrons. The second kappa shape index (κ2) is 24.3. The van der Waals surface area contributed by atoms with Gasteiger partial charge in [-0.2, -0.15) is 0 Å². The van der Waals surface area contributed by atoms with Gasteiger partial charge in [-0.05, 0) is 49.4 Å². The minimum Gasteiger partial charge on any atom is -0.480 e. The molecule has 0 aliphatic rings. The summed E-state index contributed by atoms with van der Waals surface area (Å²) in [5.74, 6) is -2.01. The number of aliphatic hydroxyl groups is 1. The predicted octanol–water partition coefficient (Wildman–Crippen LogP) is 5.62. The van der Waals surface area contributed by atoms with Crippen molar-refractivity contribution in [2.24, 2.45) is 16.6 Å². The van der Waals surface area contributed by atoms with Crippen LogP contribution in [-0.4, -0.2) is 58.6 Å². The van der Waals surface area contributed by atoms with E-state index in [-0.39, 0.29) is 26.9 Å². The van der Waals surface area contributed by atoms with Crippen LogP contribution in [0.25, 0.3) is 0 Å². The Morgan fingerprint density at radius 3 is 1.58 bits per heavy atom. The van der Waals surface area contributed by atoms with E-state index < -0.39 is 35.5 Å². The van der Waals surface area contributed by atoms with Crippen LogP contribution < -0.4 is 11.1 Å². The maximum absolute atomic E-state index is 11.4. The molecule has 0 aromatic carbocycles. The average molecular weight is 521 g/mol. The summed E-state index contributed by atoms with van der Waals surface area (Å²) in [6, 6.07) is -1.73. The maximum Gasteiger partial charge on any atom is 0.407 e. The largest absolute Gasteiger partial charge is 0.480 e. The van der Waals surface area contributed by atoms with E-state index in [9.17, 15) is 14.4 Å². The highest BCUT2D eigenvalue weighted by atomic mass is 16.5. The molecule has 0 saturated carbocycles. The van der Waals surface area contributed by atoms with Crippen LogP contribution in [0.2, 0.25) is 0 Å². The summed E-state index contributed by atoms with van der Waals surface area (Å²) in [6.45, 7) is 18.4. The van der Waals surface area contributed by atoms with Crippen LogP contribution in [0.5, 0.6) is 0 Å². The second-order valence-corrected chi connectivity index (χ2v) is 9.89. The van der Waals surface area contributed by atoms with E-state index in [4.69, 9.17) is 25.8 Å². The highest BCUT2D eigenvalue weighted by Crippen LogP contribution is 2.19. The van der Waals surface area contributed by atoms with Crippen molar-refractivity contribution in [3.63, 3.8) is 0 Å². The molecule has 0 bridgehead atoms. The van der Waals surface area contributed by atoms with Crippen molar-refractivity contribution in [2.45, 2.75) is 107 Å². The summed E-state index contributed by atoms with van der Waals surface area (Å²) in [6.07, 6.45) is 8.52. The lowest BCUT2D eigenvalue weighted by Crippen LogP contribution is -2.49. The molecule has 0 rings (SSSR count). The molecule has 0 spiro atoms. The van der Waals surface area contributed by atoms with E-state index in [1.54, 1.807) is 47.6 Å². The molecular weight excluding hydrogens is 464 g/mol. The molecular formula is C27H56N2O7. The Morgan fingerprint density at radius 1 is 0.861 bits per heavy atom. The first-order valence-electron chi connectivity index (χ1n) is 11.5. The minimum absolute atomic E-state index is 0. The standard InChI is InChI=1S/C13H23NO4.C6H13NO2.C6H12O.2CH4/c1-5-6-7-8-9-18-12(17)14-10(11(15)16)13(2,3)4;1-6(2,3)4(7)5(8)9;1-2-3-4-5-6-7;;/h5,10H,1,6-9H2,2-4H3,(H,14,17)(H,15,16);4H,7H2,1-3H3,(H,8,9);2,7H,1,3-6H2;2*1H4/t10-;4-;;;/m11.../s1. The SMILES string of the molecule is C.C.C=CCCCCO.C=CCCCCOC(=O)N[C@H](C(=O)O)C(C)(C)C.CC(C)(C)[C@H](N)C(=O)O. The number of nitrogens with one attached hydrogen (secondary N) is 1. The first-order chi connectivity index (χ1) is 15.6. The highest BCUT2D eigenvalue weighted by molar-refractivity contribution is 5.80. The molecule has 0 saturated heterocycles. The lowest BCUT2D eigenvalue weighted by Gasteiger charge is -2.27. The molecule has 0 aromatic heterocycles. The minimum atomic E-state index is -1.06. The quantitative estimate of drug-likeness (QED) is 0.164. The molecule has 9 heteroatoms. The number of carboxylic acids is 2. The Labute approximate surface area is 220 Å². The topological polar surface area (TPSA) is 159 Å². The van der Waals surface area contributed by atoms with E-state index >= 15 is 0 Å². The number of amides is 1. The molecule has 1 amide bonds. The third kappa shape index (κ3) is 27.9. The molecule has 0 aliphatic carbocycles. The van der Waals surface area contributed by atoms with E-state index in [1.165, 1.54) is 0 Å². The van der Waals surface area contributed by atoms with Gasteiger partial charge in [0.05, 0.1) is 6.61 Å². The zero-order valence-corrected chi connectivity index (χ0v) is 21.9. The van der Waals surface area contributed by atoms with Crippen molar-refractivity contribution in [3.05, 3.63) is 25.3 Å². The number of carbonyl (C=O) groups is 3. The van der Waals surface area contributed by atoms with Gasteiger partial charge in [-0.15, -0.1) is 13.2 Å². The van der Waals surface area contributed by atoms with Gasteiger partial charge in [-0.1, -0.05) is 68.5 Å². The zero-order chi connectivity index (χ0) is 27.4. The van der Waals surface area contributed by atoms with E-state index in [0.29, 0.717) is 6.61 Å². The number of hydrogen-bond donors (Lipinski definition) is 5. The Bertz CT molecular complexity index is 594. The summed E-state index contributed by atoms with van der Waals surface area (Å²) in [5, 5.41) is 28.0. The Balaban J connectivity index is -0.000000150. The number of carbonyl (C=O) groups excluding carboxylic acids is 1. The molecule has 6 N–H and O–H groups in total. The Hall–Kier alpha value is -2.39. The monoisotopic (exact) mass is 520 g/mol. The van der Waals surface area contributed by atoms with Gasteiger partial charge in [0.1, 0.15) is 12.1 Å². The third-order valence-corrected chi connectivity index (χ3v) is 4.43. The first kappa shape index (κ1) is 43.7. The molecule has 0 aliphatic heterocycles. The number of aliphatic hydroxyl groups excluding tert-OH is 1. The summed E-state index contributed by atoms with van der Waals surface area (Å²) in [7, 11) is 0. The van der Waals surface area contributed by atoms with Crippen molar-refractivity contribution in [3.8, 4) is 0 Å². The summed E-state index contributed by atoms with van der Waals surface area (Å²) < 4.78 is 4.92. The Kier molecular flexibility index (Phi) is 29.5. The van der Waals surface area contributed by atoms with Gasteiger partial charge in [0.25, 0.3) is 0 Å². The third-order valence-electron chi connectivity index (χ3n) is 4.43. The van der Waals surface area contributed by atoms with Gasteiger partial charge >= 0.3 is 18.0 Å². The number of allylic oxidation sites excluding steroid dienone is 2. The van der Waals surface area contributed by atoms with Gasteiger partial charge in [0, 0.05) is 6.61 Å². The van der Waals surface area contributed by atoms with E-state index in [1.807, 2.05) is 6.08 Å². The van der Waals surface area contributed by atoms with Crippen LogP contribution in [0, 0.1) is 10.8 Å². The van der Waals surface area contributed by atoms with Crippen molar-refractivity contribution in [1.82, 2.24) is 5.32 Å². The van der Waals surface area contributed by atoms with Crippen LogP contribution in [0.1, 0.15) is 94.9 Å². The summed E-state index contributed by atoms with van der Waals surface area (Å²) in [4.78, 5) is 32.7. The lowest BCUT2D eigenvalue weighted by molar-refractivity contribution is -0.142. The summed E-state index contributed by atoms with van der Waals surface area (Å²) >= 11 is 0. The van der Waals surface area contributed by atoms with Gasteiger partial charge < -0.3 is 31.1 Å². The highest BCUT2D eigenvalue weighted by Gasteiger charge is 2.33. The molecule has 0 heterocycles. The smallest absolute Gasteiger partial charge is 0.407 e. The average Bonchev–Trinajstić information content (AvgIpc) is 2.71. The fourth-order valence-electron chi connectivity index (χ4n) is 2.13. The van der Waals surface area contributed by atoms with Crippen LogP contribution in [0.3, 0.4) is 0 Å². The lowest BCUT2D eigenvalue weighted by atomic mass is 9.87. The fourth-order valence-corrected chi connectivity index (χ4v) is 2.13. The van der Waals surface area contributed by atoms with Crippen LogP contribution in [0.15, 0.2) is 25.3 Å². The molecule has 216 valence electrons. The number of alkyl carbamates (subject to hydrolysis) is 1. The van der Waals surface area contributed by atoms with Gasteiger partial charge in [0.15, 0.2) is 0 Å². The number of nitrogens with two attached hydrogens (primary N) is 1. The van der Waals surface area contributed by atoms with Crippen molar-refractivity contribution in [2.75, 3.05) is 13.2 Å². The number of ether oxygens (including phenoxy) is 1. The van der Waals surface area contributed by atoms with E-state index in [0.717, 1.165) is 38.5 Å². The van der Waals surface area contributed by atoms with Crippen molar-refractivity contribution < 1.29 is 34.4 Å². The number of carboxylic acid groups (broad SMARTS) is 2. The van der Waals surface area contributed by atoms with E-state index in [2.05, 4.69) is 18.5 Å². The molecule has 9 nitrogen and oxygen atoms in total. The first-order valence-corrected chi connectivity index (χ1v) is 11.5. The molecule has 2 atom stereocenters. The van der Waals surface area contributed by atoms with Crippen LogP contribution in [0.4, 0.5) is 4.79 Å². The number of hydrogen-bond acceptors (Lipinski definition) is 6. The number of aliphatic carboxylic acids is 2. The summed E-state index contributed by atoms with van der Waals surface area (Å²) in [5.41, 5.74) is 4.39. The maximum atomic E-state index is 11.4. The van der Waals surface area contributed by atoms with Crippen molar-refractivity contribution >= 4 is 18.0 Å². The number of unbranched alkanes of at least 4 members (excludes halogenated alkanes) is 4. The van der Waals surface area contributed by atoms with Crippen LogP contribution >= 0.6 is 0 Å². The predicted molar refractivity (Wildman–Crippen MR) is 149 cm³/mol. The fraction of sp³-hybridized carbons (Fsp3) is 0.741. The second-order valence-electron chi connectivity index (χ2n) is 9.89. The normalized spacial score (nSPS) is 11.8. The molecule has 0 unspecified atom stereocenters. The molecule has 0 fully saturated rings. The van der Waals surface area contributed by atoms with Gasteiger partial charge in [-0.3, -0.25) is 4.79 Å². The van der Waals surface area contributed by atoms with Gasteiger partial charge in [-0.25, -0.2) is 9.59 Å². The van der Waals surface area contributed by atoms with Gasteiger partial charge in [0.2, 0.25) is 0 Å². The molecule has 36 heavy (non-hydrogen) atoms. The van der Waals surface area contributed by atoms with Crippen LogP contribution in [-0.2, 0) is 14.3 Å². The zero-order valence-electron chi connectivity index (χ0n) is 21.9. The number of rotatable bonds is 12. The molecule has 0 aromatic rings. The Morgan fingerprint density at radius 2 is 1.31 bits per heavy atom.